The third-order valence-electron chi connectivity index (χ3n) is 2.79. The fourth-order valence-electron chi connectivity index (χ4n) is 1.34. The molecular formula is C12H21BrN2O3S2. The number of thiophene rings is 1. The average molecular weight is 385 g/mol. The number of methoxy groups -OCH3 is 1. The molecule has 0 saturated carbocycles. The normalized spacial score (nSPS) is 12.8. The first-order chi connectivity index (χ1) is 9.22. The summed E-state index contributed by atoms with van der Waals surface area (Å²) < 4.78 is 33.0. The Hall–Kier alpha value is 0.01000. The van der Waals surface area contributed by atoms with E-state index in [2.05, 4.69) is 26.0 Å². The van der Waals surface area contributed by atoms with E-state index in [-0.39, 0.29) is 11.4 Å². The third kappa shape index (κ3) is 5.09. The molecule has 1 heterocycles. The lowest BCUT2D eigenvalue weighted by Crippen LogP contribution is -2.39. The van der Waals surface area contributed by atoms with Gasteiger partial charge in [0.2, 0.25) is 10.0 Å². The Bertz CT molecular complexity index is 541. The number of rotatable bonds is 8. The molecule has 1 aromatic rings. The van der Waals surface area contributed by atoms with Crippen molar-refractivity contribution < 1.29 is 13.2 Å². The van der Waals surface area contributed by atoms with E-state index in [0.29, 0.717) is 10.3 Å². The van der Waals surface area contributed by atoms with Crippen LogP contribution in [0, 0.1) is 0 Å². The average Bonchev–Trinajstić information content (AvgIpc) is 2.76. The van der Waals surface area contributed by atoms with Crippen LogP contribution in [0.1, 0.15) is 25.6 Å². The van der Waals surface area contributed by atoms with Crippen LogP contribution in [-0.2, 0) is 21.3 Å². The molecule has 2 N–H and O–H groups in total. The number of sulfonamides is 1. The molecule has 20 heavy (non-hydrogen) atoms. The second-order valence-corrected chi connectivity index (χ2v) is 9.11. The second kappa shape index (κ2) is 7.33. The van der Waals surface area contributed by atoms with Crippen LogP contribution in [0.25, 0.3) is 0 Å². The van der Waals surface area contributed by atoms with Crippen molar-refractivity contribution in [3.05, 3.63) is 14.7 Å². The lowest BCUT2D eigenvalue weighted by Gasteiger charge is -2.22. The van der Waals surface area contributed by atoms with Crippen molar-refractivity contribution in [2.45, 2.75) is 37.8 Å². The molecule has 0 saturated heterocycles. The SMILES string of the molecule is CCNCc1cc(S(=O)(=O)NCC(C)(C)OC)c(Br)s1. The highest BCUT2D eigenvalue weighted by Gasteiger charge is 2.24. The Morgan fingerprint density at radius 3 is 2.65 bits per heavy atom. The Balaban J connectivity index is 2.84. The van der Waals surface area contributed by atoms with Gasteiger partial charge >= 0.3 is 0 Å². The molecule has 1 aromatic heterocycles. The molecule has 116 valence electrons. The van der Waals surface area contributed by atoms with E-state index in [0.717, 1.165) is 11.4 Å². The van der Waals surface area contributed by atoms with Crippen LogP contribution in [0.5, 0.6) is 0 Å². The van der Waals surface area contributed by atoms with Crippen LogP contribution in [0.2, 0.25) is 0 Å². The Morgan fingerprint density at radius 1 is 1.45 bits per heavy atom. The molecule has 0 bridgehead atoms. The summed E-state index contributed by atoms with van der Waals surface area (Å²) in [6.07, 6.45) is 0. The number of hydrogen-bond acceptors (Lipinski definition) is 5. The van der Waals surface area contributed by atoms with Crippen molar-refractivity contribution in [3.8, 4) is 0 Å². The van der Waals surface area contributed by atoms with E-state index in [1.165, 1.54) is 11.3 Å². The predicted molar refractivity (Wildman–Crippen MR) is 85.7 cm³/mol. The first kappa shape index (κ1) is 18.1. The molecule has 5 nitrogen and oxygen atoms in total. The maximum Gasteiger partial charge on any atom is 0.242 e. The highest BCUT2D eigenvalue weighted by atomic mass is 79.9. The van der Waals surface area contributed by atoms with Gasteiger partial charge in [0.1, 0.15) is 4.90 Å². The van der Waals surface area contributed by atoms with Crippen LogP contribution in [0.15, 0.2) is 14.7 Å². The van der Waals surface area contributed by atoms with Crippen molar-refractivity contribution in [2.24, 2.45) is 0 Å². The molecular weight excluding hydrogens is 364 g/mol. The van der Waals surface area contributed by atoms with Crippen LogP contribution in [0.4, 0.5) is 0 Å². The quantitative estimate of drug-likeness (QED) is 0.721. The molecule has 0 spiro atoms. The van der Waals surface area contributed by atoms with Gasteiger partial charge in [-0.2, -0.15) is 0 Å². The molecule has 0 aromatic carbocycles. The minimum absolute atomic E-state index is 0.219. The molecule has 0 amide bonds. The summed E-state index contributed by atoms with van der Waals surface area (Å²) in [6, 6.07) is 1.69. The molecule has 0 aliphatic rings. The van der Waals surface area contributed by atoms with Gasteiger partial charge < -0.3 is 10.1 Å². The van der Waals surface area contributed by atoms with E-state index in [1.54, 1.807) is 13.2 Å². The molecule has 0 aliphatic carbocycles. The number of halogens is 1. The van der Waals surface area contributed by atoms with Crippen LogP contribution < -0.4 is 10.0 Å². The number of hydrogen-bond donors (Lipinski definition) is 2. The van der Waals surface area contributed by atoms with Gasteiger partial charge in [0.05, 0.1) is 9.39 Å². The standard InChI is InChI=1S/C12H21BrN2O3S2/c1-5-14-7-9-6-10(11(13)19-9)20(16,17)15-8-12(2,3)18-4/h6,14-15H,5,7-8H2,1-4H3. The number of ether oxygens (including phenoxy) is 1. The van der Waals surface area contributed by atoms with Crippen molar-refractivity contribution in [1.29, 1.82) is 0 Å². The highest BCUT2D eigenvalue weighted by molar-refractivity contribution is 9.11. The lowest BCUT2D eigenvalue weighted by molar-refractivity contribution is 0.0276. The lowest BCUT2D eigenvalue weighted by atomic mass is 10.1. The van der Waals surface area contributed by atoms with Crippen molar-refractivity contribution >= 4 is 37.3 Å². The van der Waals surface area contributed by atoms with Crippen molar-refractivity contribution in [2.75, 3.05) is 20.2 Å². The van der Waals surface area contributed by atoms with Crippen LogP contribution in [-0.4, -0.2) is 34.2 Å². The molecule has 0 unspecified atom stereocenters. The van der Waals surface area contributed by atoms with Gasteiger partial charge in [0.25, 0.3) is 0 Å². The second-order valence-electron chi connectivity index (χ2n) is 4.92. The van der Waals surface area contributed by atoms with Gasteiger partial charge in [-0.25, -0.2) is 13.1 Å². The summed E-state index contributed by atoms with van der Waals surface area (Å²) in [5.74, 6) is 0. The van der Waals surface area contributed by atoms with Gasteiger partial charge in [-0.05, 0) is 42.4 Å². The summed E-state index contributed by atoms with van der Waals surface area (Å²) >= 11 is 4.75. The van der Waals surface area contributed by atoms with Crippen LogP contribution in [0.3, 0.4) is 0 Å². The Labute approximate surface area is 133 Å². The minimum Gasteiger partial charge on any atom is -0.377 e. The van der Waals surface area contributed by atoms with Gasteiger partial charge in [-0.1, -0.05) is 6.92 Å². The first-order valence-electron chi connectivity index (χ1n) is 6.25. The van der Waals surface area contributed by atoms with Gasteiger partial charge in [0.15, 0.2) is 0 Å². The monoisotopic (exact) mass is 384 g/mol. The predicted octanol–water partition coefficient (Wildman–Crippen LogP) is 2.32. The minimum atomic E-state index is -3.53. The summed E-state index contributed by atoms with van der Waals surface area (Å²) in [5.41, 5.74) is -0.540. The van der Waals surface area contributed by atoms with E-state index in [1.807, 2.05) is 20.8 Å². The summed E-state index contributed by atoms with van der Waals surface area (Å²) in [5, 5.41) is 3.18. The highest BCUT2D eigenvalue weighted by Crippen LogP contribution is 2.31. The topological polar surface area (TPSA) is 67.4 Å². The van der Waals surface area contributed by atoms with Crippen LogP contribution >= 0.6 is 27.3 Å². The molecule has 1 rings (SSSR count). The molecule has 8 heteroatoms. The zero-order valence-corrected chi connectivity index (χ0v) is 15.3. The van der Waals surface area contributed by atoms with Gasteiger partial charge in [-0.15, -0.1) is 11.3 Å². The molecule has 0 atom stereocenters. The van der Waals surface area contributed by atoms with Crippen molar-refractivity contribution in [1.82, 2.24) is 10.0 Å². The fraction of sp³-hybridized carbons (Fsp3) is 0.667. The third-order valence-corrected chi connectivity index (χ3v) is 6.44. The summed E-state index contributed by atoms with van der Waals surface area (Å²) in [6.45, 7) is 7.39. The Kier molecular flexibility index (Phi) is 6.62. The van der Waals surface area contributed by atoms with E-state index in [9.17, 15) is 8.42 Å². The maximum absolute atomic E-state index is 12.3. The zero-order chi connectivity index (χ0) is 15.4. The summed E-state index contributed by atoms with van der Waals surface area (Å²) in [4.78, 5) is 1.26. The van der Waals surface area contributed by atoms with Gasteiger partial charge in [0, 0.05) is 25.1 Å². The molecule has 0 radical (unpaired) electrons. The zero-order valence-electron chi connectivity index (χ0n) is 12.1. The number of nitrogens with one attached hydrogen (secondary N) is 2. The smallest absolute Gasteiger partial charge is 0.242 e. The maximum atomic E-state index is 12.3. The summed E-state index contributed by atoms with van der Waals surface area (Å²) in [7, 11) is -1.97. The van der Waals surface area contributed by atoms with E-state index >= 15 is 0 Å². The van der Waals surface area contributed by atoms with E-state index in [4.69, 9.17) is 4.74 Å². The molecule has 0 aliphatic heterocycles. The van der Waals surface area contributed by atoms with E-state index < -0.39 is 15.6 Å². The van der Waals surface area contributed by atoms with Crippen molar-refractivity contribution in [3.63, 3.8) is 0 Å². The molecule has 0 fully saturated rings. The first-order valence-corrected chi connectivity index (χ1v) is 9.35. The fourth-order valence-corrected chi connectivity index (χ4v) is 5.18. The van der Waals surface area contributed by atoms with Gasteiger partial charge in [-0.3, -0.25) is 0 Å². The Morgan fingerprint density at radius 2 is 2.10 bits per heavy atom. The largest absolute Gasteiger partial charge is 0.377 e.